The van der Waals surface area contributed by atoms with Crippen molar-refractivity contribution in [3.63, 3.8) is 0 Å². The lowest BCUT2D eigenvalue weighted by Gasteiger charge is -2.20. The number of benzene rings is 6. The van der Waals surface area contributed by atoms with Gasteiger partial charge in [-0.15, -0.1) is 0 Å². The van der Waals surface area contributed by atoms with Gasteiger partial charge in [-0.1, -0.05) is 97.1 Å². The van der Waals surface area contributed by atoms with E-state index in [1.165, 1.54) is 10.8 Å². The summed E-state index contributed by atoms with van der Waals surface area (Å²) in [6, 6.07) is 46.0. The van der Waals surface area contributed by atoms with Crippen molar-refractivity contribution in [2.75, 3.05) is 4.67 Å². The molecule has 0 amide bonds. The largest absolute Gasteiger partial charge is 0.403 e. The molecule has 0 fully saturated rings. The van der Waals surface area contributed by atoms with Crippen LogP contribution in [0.15, 0.2) is 142 Å². The first-order valence-electron chi connectivity index (χ1n) is 12.0. The molecule has 0 aliphatic rings. The summed E-state index contributed by atoms with van der Waals surface area (Å²) >= 11 is 0. The predicted molar refractivity (Wildman–Crippen MR) is 152 cm³/mol. The number of rotatable bonds is 3. The van der Waals surface area contributed by atoms with E-state index < -0.39 is 8.16 Å². The van der Waals surface area contributed by atoms with E-state index in [9.17, 15) is 0 Å². The summed E-state index contributed by atoms with van der Waals surface area (Å²) in [5.74, 6) is 0. The SMILES string of the molecule is c1ccc(N(c2ccccc2)p2oc3ccc4ccccc4c3c3c(ccc4ccccc43)o2)cc1. The van der Waals surface area contributed by atoms with Crippen molar-refractivity contribution in [3.05, 3.63) is 133 Å². The Balaban J connectivity index is 1.68. The van der Waals surface area contributed by atoms with Crippen molar-refractivity contribution in [3.8, 4) is 0 Å². The summed E-state index contributed by atoms with van der Waals surface area (Å²) in [6.07, 6.45) is 0. The van der Waals surface area contributed by atoms with Gasteiger partial charge < -0.3 is 8.39 Å². The molecule has 0 saturated carbocycles. The van der Waals surface area contributed by atoms with E-state index in [1.807, 2.05) is 36.4 Å². The number of hydrogen-bond acceptors (Lipinski definition) is 3. The molecule has 0 aliphatic carbocycles. The Morgan fingerprint density at radius 1 is 0.417 bits per heavy atom. The summed E-state index contributed by atoms with van der Waals surface area (Å²) in [7, 11) is -1.56. The highest BCUT2D eigenvalue weighted by Gasteiger charge is 2.19. The Morgan fingerprint density at radius 3 is 1.31 bits per heavy atom. The molecule has 7 rings (SSSR count). The molecule has 1 aromatic heterocycles. The number of hydrogen-bond donors (Lipinski definition) is 0. The number of nitrogens with zero attached hydrogens (tertiary/aromatic N) is 1. The molecule has 0 saturated heterocycles. The molecular formula is C32H22NO2P. The zero-order valence-corrected chi connectivity index (χ0v) is 20.3. The van der Waals surface area contributed by atoms with Crippen LogP contribution in [0.4, 0.5) is 11.4 Å². The zero-order valence-electron chi connectivity index (χ0n) is 19.4. The highest BCUT2D eigenvalue weighted by Crippen LogP contribution is 2.47. The smallest absolute Gasteiger partial charge is 0.346 e. The maximum absolute atomic E-state index is 6.84. The van der Waals surface area contributed by atoms with Crippen molar-refractivity contribution in [1.29, 1.82) is 0 Å². The molecule has 4 heteroatoms. The first-order chi connectivity index (χ1) is 17.9. The Morgan fingerprint density at radius 2 is 0.833 bits per heavy atom. The third-order valence-electron chi connectivity index (χ3n) is 6.55. The fraction of sp³-hybridized carbons (Fsp3) is 0. The zero-order chi connectivity index (χ0) is 23.9. The molecule has 7 aromatic rings. The first kappa shape index (κ1) is 20.9. The Bertz CT molecular complexity index is 1760. The van der Waals surface area contributed by atoms with E-state index in [1.54, 1.807) is 0 Å². The van der Waals surface area contributed by atoms with Gasteiger partial charge >= 0.3 is 8.16 Å². The van der Waals surface area contributed by atoms with E-state index >= 15 is 0 Å². The summed E-state index contributed by atoms with van der Waals surface area (Å²) in [6.45, 7) is 0. The molecule has 6 aromatic carbocycles. The number of fused-ring (bicyclic) bond motifs is 7. The second-order valence-electron chi connectivity index (χ2n) is 8.72. The van der Waals surface area contributed by atoms with E-state index in [2.05, 4.69) is 102 Å². The molecule has 0 radical (unpaired) electrons. The minimum atomic E-state index is -1.56. The quantitative estimate of drug-likeness (QED) is 0.250. The molecule has 3 nitrogen and oxygen atoms in total. The molecule has 36 heavy (non-hydrogen) atoms. The van der Waals surface area contributed by atoms with Crippen LogP contribution in [0.3, 0.4) is 0 Å². The van der Waals surface area contributed by atoms with Crippen molar-refractivity contribution in [2.45, 2.75) is 0 Å². The molecule has 0 bridgehead atoms. The van der Waals surface area contributed by atoms with Gasteiger partial charge in [-0.3, -0.25) is 0 Å². The van der Waals surface area contributed by atoms with E-state index in [0.29, 0.717) is 0 Å². The van der Waals surface area contributed by atoms with Crippen LogP contribution in [0.5, 0.6) is 0 Å². The number of para-hydroxylation sites is 2. The van der Waals surface area contributed by atoms with E-state index in [4.69, 9.17) is 8.39 Å². The van der Waals surface area contributed by atoms with Gasteiger partial charge in [0.2, 0.25) is 0 Å². The van der Waals surface area contributed by atoms with Gasteiger partial charge in [0.25, 0.3) is 0 Å². The fourth-order valence-corrected chi connectivity index (χ4v) is 6.40. The third kappa shape index (κ3) is 3.45. The maximum atomic E-state index is 6.84. The van der Waals surface area contributed by atoms with E-state index in [0.717, 1.165) is 44.1 Å². The summed E-state index contributed by atoms with van der Waals surface area (Å²) in [5, 5.41) is 6.80. The molecule has 0 unspecified atom stereocenters. The normalized spacial score (nSPS) is 11.3. The minimum Gasteiger partial charge on any atom is -0.403 e. The number of anilines is 2. The third-order valence-corrected chi connectivity index (χ3v) is 8.04. The second-order valence-corrected chi connectivity index (χ2v) is 9.96. The predicted octanol–water partition coefficient (Wildman–Crippen LogP) is 10.2. The lowest BCUT2D eigenvalue weighted by Crippen LogP contribution is -2.04. The lowest BCUT2D eigenvalue weighted by molar-refractivity contribution is 0.640. The van der Waals surface area contributed by atoms with Gasteiger partial charge in [0.05, 0.1) is 11.4 Å². The molecule has 0 atom stereocenters. The van der Waals surface area contributed by atoms with Crippen molar-refractivity contribution >= 4 is 63.0 Å². The van der Waals surface area contributed by atoms with Crippen LogP contribution in [0.1, 0.15) is 0 Å². The Kier molecular flexibility index (Phi) is 5.01. The fourth-order valence-electron chi connectivity index (χ4n) is 4.92. The van der Waals surface area contributed by atoms with Gasteiger partial charge in [-0.25, -0.2) is 4.67 Å². The van der Waals surface area contributed by atoms with Crippen molar-refractivity contribution in [2.24, 2.45) is 0 Å². The van der Waals surface area contributed by atoms with Crippen LogP contribution in [0.2, 0.25) is 0 Å². The van der Waals surface area contributed by atoms with Gasteiger partial charge in [-0.05, 0) is 57.9 Å². The van der Waals surface area contributed by atoms with E-state index in [-0.39, 0.29) is 0 Å². The lowest BCUT2D eigenvalue weighted by atomic mass is 9.99. The topological polar surface area (TPSA) is 29.5 Å². The van der Waals surface area contributed by atoms with Crippen LogP contribution in [-0.4, -0.2) is 0 Å². The molecular weight excluding hydrogens is 461 g/mol. The molecule has 1 heterocycles. The van der Waals surface area contributed by atoms with Crippen LogP contribution in [0.25, 0.3) is 43.5 Å². The molecule has 0 spiro atoms. The molecule has 0 aliphatic heterocycles. The van der Waals surface area contributed by atoms with Gasteiger partial charge in [0, 0.05) is 10.8 Å². The second kappa shape index (κ2) is 8.64. The summed E-state index contributed by atoms with van der Waals surface area (Å²) < 4.78 is 15.8. The first-order valence-corrected chi connectivity index (χ1v) is 13.1. The monoisotopic (exact) mass is 483 g/mol. The maximum Gasteiger partial charge on any atom is 0.346 e. The molecule has 172 valence electrons. The van der Waals surface area contributed by atoms with Crippen molar-refractivity contribution < 1.29 is 8.39 Å². The Labute approximate surface area is 209 Å². The standard InChI is InChI=1S/C32H22NO2P/c1-3-13-25(14-4-1)33(26-15-5-2-6-16-26)36-34-29-21-19-23-11-7-9-17-27(23)31(29)32-28-18-10-8-12-24(28)20-22-30(32)35-36/h1-22H. The highest BCUT2D eigenvalue weighted by molar-refractivity contribution is 7.40. The average molecular weight is 484 g/mol. The summed E-state index contributed by atoms with van der Waals surface area (Å²) in [4.78, 5) is 0. The molecule has 0 N–H and O–H groups in total. The van der Waals surface area contributed by atoms with Crippen LogP contribution >= 0.6 is 8.16 Å². The van der Waals surface area contributed by atoms with Crippen LogP contribution in [0, 0.1) is 0 Å². The van der Waals surface area contributed by atoms with Crippen LogP contribution in [-0.2, 0) is 0 Å². The minimum absolute atomic E-state index is 0.826. The van der Waals surface area contributed by atoms with Gasteiger partial charge in [0.15, 0.2) is 0 Å². The summed E-state index contributed by atoms with van der Waals surface area (Å²) in [5.41, 5.74) is 3.68. The van der Waals surface area contributed by atoms with Crippen LogP contribution < -0.4 is 4.67 Å². The van der Waals surface area contributed by atoms with Gasteiger partial charge in [0.1, 0.15) is 11.2 Å². The Hall–Kier alpha value is -4.46. The average Bonchev–Trinajstić information content (AvgIpc) is 3.11. The van der Waals surface area contributed by atoms with Gasteiger partial charge in [-0.2, -0.15) is 0 Å². The van der Waals surface area contributed by atoms with Crippen molar-refractivity contribution in [1.82, 2.24) is 0 Å². The highest BCUT2D eigenvalue weighted by atomic mass is 31.1.